The van der Waals surface area contributed by atoms with Crippen LogP contribution in [0, 0.1) is 0 Å². The van der Waals surface area contributed by atoms with Crippen LogP contribution in [0.4, 0.5) is 0 Å². The molecule has 0 radical (unpaired) electrons. The normalized spacial score (nSPS) is 13.7. The van der Waals surface area contributed by atoms with Gasteiger partial charge in [0, 0.05) is 25.3 Å². The Morgan fingerprint density at radius 3 is 1.02 bits per heavy atom. The molecule has 0 heterocycles. The predicted octanol–water partition coefficient (Wildman–Crippen LogP) is 7.32. The average Bonchev–Trinajstić information content (AvgIpc) is 3.16. The molecule has 6 rings (SSSR count). The van der Waals surface area contributed by atoms with Gasteiger partial charge in [0.25, 0.3) is 0 Å². The molecule has 4 atom stereocenters. The van der Waals surface area contributed by atoms with Crippen molar-refractivity contribution in [2.24, 2.45) is 0 Å². The molecule has 266 valence electrons. The van der Waals surface area contributed by atoms with E-state index in [9.17, 15) is 19.2 Å². The smallest absolute Gasteiger partial charge is 0.352 e. The molecule has 10 heteroatoms. The van der Waals surface area contributed by atoms with E-state index in [1.54, 1.807) is 13.8 Å². The third kappa shape index (κ3) is 7.03. The van der Waals surface area contributed by atoms with E-state index in [-0.39, 0.29) is 13.2 Å². The topological polar surface area (TPSA) is 124 Å². The van der Waals surface area contributed by atoms with Crippen molar-refractivity contribution in [2.45, 2.75) is 38.3 Å². The van der Waals surface area contributed by atoms with Gasteiger partial charge in [-0.25, -0.2) is 19.2 Å². The zero-order valence-electron chi connectivity index (χ0n) is 29.2. The van der Waals surface area contributed by atoms with Crippen molar-refractivity contribution in [3.05, 3.63) is 120 Å². The van der Waals surface area contributed by atoms with E-state index in [2.05, 4.69) is 0 Å². The number of esters is 4. The monoisotopic (exact) mass is 702 g/mol. The molecule has 0 spiro atoms. The lowest BCUT2D eigenvalue weighted by molar-refractivity contribution is -0.198. The number of ether oxygens (including phenoxy) is 6. The van der Waals surface area contributed by atoms with Crippen molar-refractivity contribution in [1.82, 2.24) is 0 Å². The lowest BCUT2D eigenvalue weighted by atomic mass is 9.93. The molecule has 0 unspecified atom stereocenters. The third-order valence-electron chi connectivity index (χ3n) is 8.85. The first-order valence-electron chi connectivity index (χ1n) is 16.9. The van der Waals surface area contributed by atoms with Crippen LogP contribution in [0.2, 0.25) is 0 Å². The molecular weight excluding hydrogens is 664 g/mol. The van der Waals surface area contributed by atoms with E-state index in [0.29, 0.717) is 11.1 Å². The van der Waals surface area contributed by atoms with E-state index in [0.717, 1.165) is 43.1 Å². The van der Waals surface area contributed by atoms with Crippen molar-refractivity contribution in [3.8, 4) is 0 Å². The Labute approximate surface area is 300 Å². The van der Waals surface area contributed by atoms with E-state index in [1.807, 2.05) is 109 Å². The van der Waals surface area contributed by atoms with Gasteiger partial charge in [-0.1, -0.05) is 97.1 Å². The number of carbonyl (C=O) groups excluding carboxylic acids is 4. The van der Waals surface area contributed by atoms with Crippen molar-refractivity contribution in [2.75, 3.05) is 27.4 Å². The van der Waals surface area contributed by atoms with Crippen molar-refractivity contribution in [3.63, 3.8) is 0 Å². The molecule has 0 fully saturated rings. The van der Waals surface area contributed by atoms with Crippen LogP contribution >= 0.6 is 0 Å². The standard InChI is InChI=1S/C42H38O10/c1-5-49-39(43)37(51-41(45)35(47-3)33-29-19-11-7-15-25(29)23-26-16-8-12-20-30(26)33)38(40(44)50-6-2)52-42(46)36(48-4)34-31-21-13-9-17-27(31)24-28-18-10-14-22-32(28)34/h7-24,35-38H,5-6H2,1-4H3/t35-,36-,37-,38-/m0/s1. The van der Waals surface area contributed by atoms with E-state index < -0.39 is 48.3 Å². The summed E-state index contributed by atoms with van der Waals surface area (Å²) in [6.45, 7) is 2.85. The van der Waals surface area contributed by atoms with Crippen LogP contribution in [-0.2, 0) is 47.6 Å². The minimum atomic E-state index is -2.06. The Morgan fingerprint density at radius 1 is 0.462 bits per heavy atom. The number of benzene rings is 6. The van der Waals surface area contributed by atoms with Gasteiger partial charge in [-0.05, 0) is 69.1 Å². The number of rotatable bonds is 13. The van der Waals surface area contributed by atoms with Crippen LogP contribution in [0.15, 0.2) is 109 Å². The maximum absolute atomic E-state index is 14.2. The second-order valence-corrected chi connectivity index (χ2v) is 11.9. The van der Waals surface area contributed by atoms with Crippen LogP contribution in [0.5, 0.6) is 0 Å². The van der Waals surface area contributed by atoms with Gasteiger partial charge in [0.2, 0.25) is 12.2 Å². The number of fused-ring (bicyclic) bond motifs is 4. The fourth-order valence-electron chi connectivity index (χ4n) is 6.62. The quantitative estimate of drug-likeness (QED) is 0.0687. The number of hydrogen-bond acceptors (Lipinski definition) is 10. The summed E-state index contributed by atoms with van der Waals surface area (Å²) in [5.41, 5.74) is 0.992. The second kappa shape index (κ2) is 16.0. The second-order valence-electron chi connectivity index (χ2n) is 11.9. The lowest BCUT2D eigenvalue weighted by Gasteiger charge is -2.27. The van der Waals surface area contributed by atoms with Crippen LogP contribution in [0.1, 0.15) is 37.2 Å². The van der Waals surface area contributed by atoms with Gasteiger partial charge in [0.05, 0.1) is 13.2 Å². The van der Waals surface area contributed by atoms with E-state index >= 15 is 0 Å². The van der Waals surface area contributed by atoms with Crippen molar-refractivity contribution in [1.29, 1.82) is 0 Å². The highest BCUT2D eigenvalue weighted by Gasteiger charge is 2.45. The minimum absolute atomic E-state index is 0.124. The Balaban J connectivity index is 1.40. The van der Waals surface area contributed by atoms with Gasteiger partial charge in [-0.2, -0.15) is 0 Å². The Kier molecular flexibility index (Phi) is 11.1. The zero-order chi connectivity index (χ0) is 36.8. The van der Waals surface area contributed by atoms with Crippen LogP contribution in [0.25, 0.3) is 43.1 Å². The van der Waals surface area contributed by atoms with Gasteiger partial charge in [0.1, 0.15) is 0 Å². The molecule has 0 saturated carbocycles. The van der Waals surface area contributed by atoms with E-state index in [1.165, 1.54) is 14.2 Å². The first-order valence-corrected chi connectivity index (χ1v) is 16.9. The summed E-state index contributed by atoms with van der Waals surface area (Å²) in [4.78, 5) is 55.5. The molecule has 0 aromatic heterocycles. The highest BCUT2D eigenvalue weighted by atomic mass is 16.7. The average molecular weight is 703 g/mol. The fraction of sp³-hybridized carbons (Fsp3) is 0.238. The highest BCUT2D eigenvalue weighted by molar-refractivity contribution is 6.06. The summed E-state index contributed by atoms with van der Waals surface area (Å²) in [5, 5.41) is 6.26. The summed E-state index contributed by atoms with van der Waals surface area (Å²) < 4.78 is 33.6. The summed E-state index contributed by atoms with van der Waals surface area (Å²) in [6, 6.07) is 33.9. The van der Waals surface area contributed by atoms with Gasteiger partial charge in [0.15, 0.2) is 12.2 Å². The molecule has 0 aliphatic heterocycles. The van der Waals surface area contributed by atoms with E-state index in [4.69, 9.17) is 28.4 Å². The highest BCUT2D eigenvalue weighted by Crippen LogP contribution is 2.37. The Bertz CT molecular complexity index is 2010. The summed E-state index contributed by atoms with van der Waals surface area (Å²) in [7, 11) is 2.67. The molecule has 0 N–H and O–H groups in total. The SMILES string of the molecule is CCOC(=O)[C@@H](OC(=O)[C@@H](OC)c1c2ccccc2cc2ccccc12)[C@H](OC(=O)[C@@H](OC)c1c2ccccc2cc2ccccc12)C(=O)OCC. The maximum atomic E-state index is 14.2. The minimum Gasteiger partial charge on any atom is -0.463 e. The molecule has 52 heavy (non-hydrogen) atoms. The maximum Gasteiger partial charge on any atom is 0.352 e. The molecule has 0 aliphatic rings. The number of methoxy groups -OCH3 is 2. The number of carbonyl (C=O) groups is 4. The predicted molar refractivity (Wildman–Crippen MR) is 195 cm³/mol. The van der Waals surface area contributed by atoms with Gasteiger partial charge >= 0.3 is 23.9 Å². The Morgan fingerprint density at radius 2 is 0.750 bits per heavy atom. The van der Waals surface area contributed by atoms with Gasteiger partial charge < -0.3 is 28.4 Å². The molecule has 0 aliphatic carbocycles. The summed E-state index contributed by atoms with van der Waals surface area (Å²) in [5.74, 6) is -4.28. The van der Waals surface area contributed by atoms with Gasteiger partial charge in [-0.3, -0.25) is 0 Å². The Hall–Kier alpha value is -5.84. The molecular formula is C42H38O10. The molecule has 10 nitrogen and oxygen atoms in total. The van der Waals surface area contributed by atoms with Gasteiger partial charge in [-0.15, -0.1) is 0 Å². The first kappa shape index (κ1) is 36.0. The molecule has 0 saturated heterocycles. The zero-order valence-corrected chi connectivity index (χ0v) is 29.2. The summed E-state index contributed by atoms with van der Waals surface area (Å²) in [6.07, 6.45) is -6.84. The van der Waals surface area contributed by atoms with Crippen molar-refractivity contribution < 1.29 is 47.6 Å². The molecule has 6 aromatic carbocycles. The van der Waals surface area contributed by atoms with Crippen LogP contribution in [0.3, 0.4) is 0 Å². The van der Waals surface area contributed by atoms with Crippen molar-refractivity contribution >= 4 is 67.0 Å². The molecule has 0 amide bonds. The molecule has 6 aromatic rings. The lowest BCUT2D eigenvalue weighted by Crippen LogP contribution is -2.48. The van der Waals surface area contributed by atoms with Crippen LogP contribution < -0.4 is 0 Å². The fourth-order valence-corrected chi connectivity index (χ4v) is 6.62. The number of hydrogen-bond donors (Lipinski definition) is 0. The van der Waals surface area contributed by atoms with Crippen LogP contribution in [-0.4, -0.2) is 63.5 Å². The molecule has 0 bridgehead atoms. The summed E-state index contributed by atoms with van der Waals surface area (Å²) >= 11 is 0. The first-order chi connectivity index (χ1) is 25.3. The largest absolute Gasteiger partial charge is 0.463 e. The third-order valence-corrected chi connectivity index (χ3v) is 8.85.